The number of rotatable bonds is 2. The van der Waals surface area contributed by atoms with Crippen LogP contribution in [0.15, 0.2) is 23.8 Å². The Morgan fingerprint density at radius 1 is 1.32 bits per heavy atom. The van der Waals surface area contributed by atoms with Crippen molar-refractivity contribution < 1.29 is 24.9 Å². The van der Waals surface area contributed by atoms with Crippen molar-refractivity contribution in [2.45, 2.75) is 57.8 Å². The number of allylic oxidation sites excluding steroid dienone is 2. The highest BCUT2D eigenvalue weighted by Gasteiger charge is 2.66. The molecule has 0 saturated heterocycles. The zero-order valence-corrected chi connectivity index (χ0v) is 13.7. The summed E-state index contributed by atoms with van der Waals surface area (Å²) in [5.41, 5.74) is -2.32. The summed E-state index contributed by atoms with van der Waals surface area (Å²) >= 11 is 0. The quantitative estimate of drug-likeness (QED) is 0.670. The minimum Gasteiger partial charge on any atom is -0.459 e. The second-order valence-corrected chi connectivity index (χ2v) is 7.38. The van der Waals surface area contributed by atoms with Gasteiger partial charge in [-0.15, -0.1) is 0 Å². The van der Waals surface area contributed by atoms with Crippen LogP contribution < -0.4 is 0 Å². The second kappa shape index (κ2) is 5.48. The van der Waals surface area contributed by atoms with Gasteiger partial charge in [-0.1, -0.05) is 32.1 Å². The largest absolute Gasteiger partial charge is 0.459 e. The van der Waals surface area contributed by atoms with Crippen molar-refractivity contribution in [3.63, 3.8) is 0 Å². The molecular formula is C17H26O5. The van der Waals surface area contributed by atoms with Gasteiger partial charge < -0.3 is 20.1 Å². The summed E-state index contributed by atoms with van der Waals surface area (Å²) in [6.07, 6.45) is 4.96. The molecule has 0 aromatic rings. The number of hydrogen-bond donors (Lipinski definition) is 3. The van der Waals surface area contributed by atoms with Crippen molar-refractivity contribution in [1.82, 2.24) is 0 Å². The van der Waals surface area contributed by atoms with Gasteiger partial charge in [0.15, 0.2) is 0 Å². The molecule has 3 N–H and O–H groups in total. The molecule has 0 unspecified atom stereocenters. The van der Waals surface area contributed by atoms with E-state index >= 15 is 0 Å². The van der Waals surface area contributed by atoms with Crippen molar-refractivity contribution in [2.75, 3.05) is 6.61 Å². The van der Waals surface area contributed by atoms with E-state index in [2.05, 4.69) is 0 Å². The first-order chi connectivity index (χ1) is 10.0. The predicted octanol–water partition coefficient (Wildman–Crippen LogP) is 1.32. The Morgan fingerprint density at radius 2 is 1.95 bits per heavy atom. The third kappa shape index (κ3) is 2.73. The lowest BCUT2D eigenvalue weighted by molar-refractivity contribution is -0.256. The molecule has 0 heterocycles. The lowest BCUT2D eigenvalue weighted by Gasteiger charge is -2.62. The highest BCUT2D eigenvalue weighted by molar-refractivity contribution is 5.66. The van der Waals surface area contributed by atoms with Gasteiger partial charge in [0.2, 0.25) is 0 Å². The summed E-state index contributed by atoms with van der Waals surface area (Å²) in [4.78, 5) is 11.5. The number of aliphatic hydroxyl groups excluding tert-OH is 1. The van der Waals surface area contributed by atoms with Crippen LogP contribution in [0.25, 0.3) is 0 Å². The smallest absolute Gasteiger partial charge is 0.303 e. The fourth-order valence-electron chi connectivity index (χ4n) is 3.83. The Labute approximate surface area is 131 Å². The van der Waals surface area contributed by atoms with E-state index in [1.165, 1.54) is 6.92 Å². The first kappa shape index (κ1) is 17.2. The van der Waals surface area contributed by atoms with E-state index in [1.54, 1.807) is 25.2 Å². The highest BCUT2D eigenvalue weighted by Crippen LogP contribution is 2.60. The van der Waals surface area contributed by atoms with Gasteiger partial charge in [0.05, 0.1) is 12.2 Å². The zero-order valence-electron chi connectivity index (χ0n) is 13.7. The van der Waals surface area contributed by atoms with Gasteiger partial charge >= 0.3 is 5.97 Å². The molecule has 0 spiro atoms. The van der Waals surface area contributed by atoms with Crippen LogP contribution in [0.5, 0.6) is 0 Å². The monoisotopic (exact) mass is 310 g/mol. The van der Waals surface area contributed by atoms with E-state index in [0.29, 0.717) is 12.0 Å². The Kier molecular flexibility index (Phi) is 4.28. The summed E-state index contributed by atoms with van der Waals surface area (Å²) in [6.45, 7) is 6.55. The van der Waals surface area contributed by atoms with Gasteiger partial charge in [-0.05, 0) is 24.3 Å². The summed E-state index contributed by atoms with van der Waals surface area (Å²) in [5, 5.41) is 31.5. The van der Waals surface area contributed by atoms with Gasteiger partial charge in [0.1, 0.15) is 11.7 Å². The Bertz CT molecular complexity index is 517. The van der Waals surface area contributed by atoms with Crippen molar-refractivity contribution in [1.29, 1.82) is 0 Å². The maximum absolute atomic E-state index is 11.5. The van der Waals surface area contributed by atoms with Crippen LogP contribution in [-0.2, 0) is 9.53 Å². The molecule has 124 valence electrons. The SMILES string of the molecule is CC(=O)O[C@H]1C[C@](C)(O)C=CC=C(CO)[C@H]2CC(C)(C)[C@]12O. The zero-order chi connectivity index (χ0) is 16.8. The van der Waals surface area contributed by atoms with E-state index in [4.69, 9.17) is 4.74 Å². The molecule has 0 amide bonds. The molecule has 0 bridgehead atoms. The van der Waals surface area contributed by atoms with Crippen molar-refractivity contribution in [3.8, 4) is 0 Å². The van der Waals surface area contributed by atoms with Crippen molar-refractivity contribution >= 4 is 5.97 Å². The third-order valence-corrected chi connectivity index (χ3v) is 5.12. The van der Waals surface area contributed by atoms with E-state index < -0.39 is 28.7 Å². The van der Waals surface area contributed by atoms with Gasteiger partial charge in [-0.25, -0.2) is 0 Å². The Balaban J connectivity index is 2.51. The number of aliphatic hydroxyl groups is 3. The third-order valence-electron chi connectivity index (χ3n) is 5.12. The molecule has 2 aliphatic rings. The van der Waals surface area contributed by atoms with Gasteiger partial charge in [0.25, 0.3) is 0 Å². The minimum absolute atomic E-state index is 0.103. The standard InChI is InChI=1S/C17H26O5/c1-11(19)22-14-9-16(4,20)7-5-6-12(10-18)13-8-15(2,3)17(13,14)21/h5-7,13-14,18,20-21H,8-10H2,1-4H3/t13-,14+,16-,17-/m1/s1. The number of esters is 1. The summed E-state index contributed by atoms with van der Waals surface area (Å²) in [7, 11) is 0. The first-order valence-corrected chi connectivity index (χ1v) is 7.64. The Hall–Kier alpha value is -1.17. The number of carbonyl (C=O) groups excluding carboxylic acids is 1. The van der Waals surface area contributed by atoms with Crippen molar-refractivity contribution in [2.24, 2.45) is 11.3 Å². The summed E-state index contributed by atoms with van der Waals surface area (Å²) < 4.78 is 5.39. The molecule has 0 aromatic carbocycles. The molecule has 5 heteroatoms. The molecule has 1 fully saturated rings. The normalized spacial score (nSPS) is 40.4. The average molecular weight is 310 g/mol. The van der Waals surface area contributed by atoms with Crippen molar-refractivity contribution in [3.05, 3.63) is 23.8 Å². The molecule has 5 nitrogen and oxygen atoms in total. The lowest BCUT2D eigenvalue weighted by atomic mass is 9.47. The molecule has 4 atom stereocenters. The molecule has 0 aromatic heterocycles. The van der Waals surface area contributed by atoms with Gasteiger partial charge in [0, 0.05) is 19.3 Å². The predicted molar refractivity (Wildman–Crippen MR) is 81.9 cm³/mol. The summed E-state index contributed by atoms with van der Waals surface area (Å²) in [6, 6.07) is 0. The molecule has 0 aliphatic heterocycles. The summed E-state index contributed by atoms with van der Waals surface area (Å²) in [5.74, 6) is -0.788. The molecule has 2 rings (SSSR count). The van der Waals surface area contributed by atoms with Crippen LogP contribution in [0.2, 0.25) is 0 Å². The van der Waals surface area contributed by atoms with E-state index in [9.17, 15) is 20.1 Å². The fourth-order valence-corrected chi connectivity index (χ4v) is 3.83. The van der Waals surface area contributed by atoms with Crippen LogP contribution in [0.1, 0.15) is 40.5 Å². The molecule has 2 aliphatic carbocycles. The topological polar surface area (TPSA) is 87.0 Å². The molecule has 22 heavy (non-hydrogen) atoms. The highest BCUT2D eigenvalue weighted by atomic mass is 16.6. The first-order valence-electron chi connectivity index (χ1n) is 7.64. The maximum atomic E-state index is 11.5. The van der Waals surface area contributed by atoms with E-state index in [0.717, 1.165) is 0 Å². The maximum Gasteiger partial charge on any atom is 0.303 e. The van der Waals surface area contributed by atoms with Crippen LogP contribution >= 0.6 is 0 Å². The molecule has 0 radical (unpaired) electrons. The van der Waals surface area contributed by atoms with Crippen LogP contribution in [0, 0.1) is 11.3 Å². The molecule has 1 saturated carbocycles. The lowest BCUT2D eigenvalue weighted by Crippen LogP contribution is -2.69. The average Bonchev–Trinajstić information content (AvgIpc) is 2.41. The number of hydrogen-bond acceptors (Lipinski definition) is 5. The molecular weight excluding hydrogens is 284 g/mol. The number of carbonyl (C=O) groups is 1. The van der Waals surface area contributed by atoms with Crippen LogP contribution in [-0.4, -0.2) is 45.2 Å². The second-order valence-electron chi connectivity index (χ2n) is 7.38. The van der Waals surface area contributed by atoms with Gasteiger partial charge in [-0.2, -0.15) is 0 Å². The fraction of sp³-hybridized carbons (Fsp3) is 0.706. The van der Waals surface area contributed by atoms with Gasteiger partial charge in [-0.3, -0.25) is 4.79 Å². The number of fused-ring (bicyclic) bond motifs is 1. The van der Waals surface area contributed by atoms with Crippen LogP contribution in [0.4, 0.5) is 0 Å². The van der Waals surface area contributed by atoms with E-state index in [-0.39, 0.29) is 18.9 Å². The minimum atomic E-state index is -1.32. The number of ether oxygens (including phenoxy) is 1. The van der Waals surface area contributed by atoms with Crippen LogP contribution in [0.3, 0.4) is 0 Å². The Morgan fingerprint density at radius 3 is 2.45 bits per heavy atom. The van der Waals surface area contributed by atoms with E-state index in [1.807, 2.05) is 13.8 Å².